The molecule has 2 rings (SSSR count). The van der Waals surface area contributed by atoms with Gasteiger partial charge in [-0.2, -0.15) is 0 Å². The molecule has 0 saturated heterocycles. The number of carbonyl (C=O) groups is 2. The fourth-order valence-corrected chi connectivity index (χ4v) is 3.19. The molecule has 22 heavy (non-hydrogen) atoms. The first-order valence-corrected chi connectivity index (χ1v) is 7.65. The predicted molar refractivity (Wildman–Crippen MR) is 85.7 cm³/mol. The van der Waals surface area contributed by atoms with E-state index in [0.29, 0.717) is 17.8 Å². The molecule has 2 N–H and O–H groups in total. The average molecular weight is 322 g/mol. The molecule has 118 valence electrons. The molecule has 2 aromatic heterocycles. The number of carboxylic acid groups (broad SMARTS) is 1. The second-order valence-electron chi connectivity index (χ2n) is 5.08. The van der Waals surface area contributed by atoms with Crippen molar-refractivity contribution in [1.82, 2.24) is 15.3 Å². The molecule has 0 atom stereocenters. The third-order valence-corrected chi connectivity index (χ3v) is 4.39. The average Bonchev–Trinajstić information content (AvgIpc) is 2.80. The summed E-state index contributed by atoms with van der Waals surface area (Å²) in [4.78, 5) is 34.4. The highest BCUT2D eigenvalue weighted by Gasteiger charge is 2.19. The molecule has 0 aromatic carbocycles. The maximum Gasteiger partial charge on any atom is 0.303 e. The molecular weight excluding hydrogens is 304 g/mol. The van der Waals surface area contributed by atoms with Crippen LogP contribution in [0.4, 0.5) is 5.82 Å². The lowest BCUT2D eigenvalue weighted by Gasteiger charge is -2.12. The molecule has 0 radical (unpaired) electrons. The predicted octanol–water partition coefficient (Wildman–Crippen LogP) is 1.66. The fraction of sp³-hybridized carbons (Fsp3) is 0.429. The minimum Gasteiger partial charge on any atom is -0.481 e. The maximum atomic E-state index is 12.3. The lowest BCUT2D eigenvalue weighted by atomic mass is 10.2. The van der Waals surface area contributed by atoms with Gasteiger partial charge >= 0.3 is 5.97 Å². The minimum absolute atomic E-state index is 0.0436. The number of amides is 1. The van der Waals surface area contributed by atoms with Crippen LogP contribution in [0.2, 0.25) is 0 Å². The van der Waals surface area contributed by atoms with Gasteiger partial charge in [-0.25, -0.2) is 9.97 Å². The topological polar surface area (TPSA) is 95.4 Å². The van der Waals surface area contributed by atoms with Crippen LogP contribution in [0.5, 0.6) is 0 Å². The van der Waals surface area contributed by atoms with Gasteiger partial charge in [0.1, 0.15) is 17.0 Å². The zero-order valence-corrected chi connectivity index (χ0v) is 13.5. The molecule has 0 spiro atoms. The Balaban J connectivity index is 2.21. The highest BCUT2D eigenvalue weighted by Crippen LogP contribution is 2.33. The van der Waals surface area contributed by atoms with E-state index in [1.165, 1.54) is 17.7 Å². The van der Waals surface area contributed by atoms with Gasteiger partial charge in [0.05, 0.1) is 10.3 Å². The van der Waals surface area contributed by atoms with Crippen LogP contribution >= 0.6 is 11.3 Å². The van der Waals surface area contributed by atoms with Crippen LogP contribution in [0, 0.1) is 6.92 Å². The normalized spacial score (nSPS) is 10.7. The number of anilines is 1. The lowest BCUT2D eigenvalue weighted by molar-refractivity contribution is -0.137. The number of nitrogens with zero attached hydrogens (tertiary/aromatic N) is 3. The lowest BCUT2D eigenvalue weighted by Crippen LogP contribution is -2.24. The van der Waals surface area contributed by atoms with E-state index in [-0.39, 0.29) is 12.3 Å². The summed E-state index contributed by atoms with van der Waals surface area (Å²) in [6.07, 6.45) is 1.94. The van der Waals surface area contributed by atoms with Crippen molar-refractivity contribution in [3.63, 3.8) is 0 Å². The van der Waals surface area contributed by atoms with Gasteiger partial charge in [-0.3, -0.25) is 9.59 Å². The number of aryl methyl sites for hydroxylation is 1. The van der Waals surface area contributed by atoms with Gasteiger partial charge in [-0.1, -0.05) is 0 Å². The van der Waals surface area contributed by atoms with Crippen LogP contribution in [0.1, 0.15) is 28.1 Å². The number of rotatable bonds is 6. The van der Waals surface area contributed by atoms with Crippen LogP contribution < -0.4 is 10.2 Å². The molecule has 0 aliphatic carbocycles. The molecule has 0 fully saturated rings. The Bertz CT molecular complexity index is 711. The number of aliphatic carboxylic acids is 1. The Hall–Kier alpha value is -2.22. The summed E-state index contributed by atoms with van der Waals surface area (Å²) in [5.74, 6) is -0.280. The summed E-state index contributed by atoms with van der Waals surface area (Å²) in [5.41, 5.74) is 0.847. The van der Waals surface area contributed by atoms with Crippen molar-refractivity contribution in [2.45, 2.75) is 19.8 Å². The number of hydrogen-bond donors (Lipinski definition) is 2. The van der Waals surface area contributed by atoms with E-state index in [9.17, 15) is 9.59 Å². The molecule has 1 amide bonds. The summed E-state index contributed by atoms with van der Waals surface area (Å²) in [6.45, 7) is 2.21. The van der Waals surface area contributed by atoms with Crippen LogP contribution in [-0.4, -0.2) is 47.6 Å². The second-order valence-corrected chi connectivity index (χ2v) is 6.08. The van der Waals surface area contributed by atoms with Gasteiger partial charge in [0.25, 0.3) is 5.91 Å². The highest BCUT2D eigenvalue weighted by molar-refractivity contribution is 7.20. The van der Waals surface area contributed by atoms with E-state index in [1.54, 1.807) is 0 Å². The van der Waals surface area contributed by atoms with Crippen molar-refractivity contribution < 1.29 is 14.7 Å². The van der Waals surface area contributed by atoms with Gasteiger partial charge < -0.3 is 15.3 Å². The Labute approximate surface area is 132 Å². The van der Waals surface area contributed by atoms with Gasteiger partial charge in [0, 0.05) is 27.1 Å². The fourth-order valence-electron chi connectivity index (χ4n) is 2.13. The van der Waals surface area contributed by atoms with E-state index in [4.69, 9.17) is 5.11 Å². The van der Waals surface area contributed by atoms with Crippen LogP contribution in [-0.2, 0) is 4.79 Å². The number of carbonyl (C=O) groups excluding carboxylic acids is 1. The standard InChI is InChI=1S/C14H18N4O3S/c1-8-10-12(18(2)3)16-7-17-14(10)22-11(8)13(21)15-6-4-5-9(19)20/h7H,4-6H2,1-3H3,(H,15,21)(H,19,20). The zero-order chi connectivity index (χ0) is 16.3. The van der Waals surface area contributed by atoms with E-state index in [2.05, 4.69) is 15.3 Å². The maximum absolute atomic E-state index is 12.3. The van der Waals surface area contributed by atoms with Gasteiger partial charge in [-0.05, 0) is 18.9 Å². The van der Waals surface area contributed by atoms with Crippen molar-refractivity contribution in [2.24, 2.45) is 0 Å². The number of fused-ring (bicyclic) bond motifs is 1. The van der Waals surface area contributed by atoms with Crippen LogP contribution in [0.25, 0.3) is 10.2 Å². The molecular formula is C14H18N4O3S. The summed E-state index contributed by atoms with van der Waals surface area (Å²) < 4.78 is 0. The van der Waals surface area contributed by atoms with Crippen LogP contribution in [0.3, 0.4) is 0 Å². The molecule has 0 unspecified atom stereocenters. The zero-order valence-electron chi connectivity index (χ0n) is 12.7. The van der Waals surface area contributed by atoms with E-state index < -0.39 is 5.97 Å². The van der Waals surface area contributed by atoms with Crippen molar-refractivity contribution in [2.75, 3.05) is 25.5 Å². The van der Waals surface area contributed by atoms with Gasteiger partial charge in [-0.15, -0.1) is 11.3 Å². The largest absolute Gasteiger partial charge is 0.481 e. The molecule has 0 bridgehead atoms. The highest BCUT2D eigenvalue weighted by atomic mass is 32.1. The summed E-state index contributed by atoms with van der Waals surface area (Å²) in [7, 11) is 3.79. The second kappa shape index (κ2) is 6.69. The van der Waals surface area contributed by atoms with Crippen LogP contribution in [0.15, 0.2) is 6.33 Å². The van der Waals surface area contributed by atoms with E-state index in [1.807, 2.05) is 25.9 Å². The molecule has 2 aromatic rings. The molecule has 2 heterocycles. The number of carboxylic acids is 1. The Morgan fingerprint density at radius 3 is 2.73 bits per heavy atom. The third kappa shape index (κ3) is 3.33. The monoisotopic (exact) mass is 322 g/mol. The van der Waals surface area contributed by atoms with Crippen molar-refractivity contribution in [3.8, 4) is 0 Å². The molecule has 7 nitrogen and oxygen atoms in total. The smallest absolute Gasteiger partial charge is 0.303 e. The number of aromatic nitrogens is 2. The Morgan fingerprint density at radius 1 is 1.36 bits per heavy atom. The molecule has 8 heteroatoms. The first-order valence-electron chi connectivity index (χ1n) is 6.83. The SMILES string of the molecule is Cc1c(C(=O)NCCCC(=O)O)sc2ncnc(N(C)C)c12. The quantitative estimate of drug-likeness (QED) is 0.785. The molecule has 0 saturated carbocycles. The summed E-state index contributed by atoms with van der Waals surface area (Å²) in [6, 6.07) is 0. The van der Waals surface area contributed by atoms with Crippen molar-refractivity contribution in [1.29, 1.82) is 0 Å². The summed E-state index contributed by atoms with van der Waals surface area (Å²) >= 11 is 1.32. The van der Waals surface area contributed by atoms with E-state index in [0.717, 1.165) is 21.6 Å². The van der Waals surface area contributed by atoms with Gasteiger partial charge in [0.2, 0.25) is 0 Å². The summed E-state index contributed by atoms with van der Waals surface area (Å²) in [5, 5.41) is 12.2. The minimum atomic E-state index is -0.863. The first-order chi connectivity index (χ1) is 10.4. The molecule has 0 aliphatic heterocycles. The Kier molecular flexibility index (Phi) is 4.92. The first kappa shape index (κ1) is 16.2. The Morgan fingerprint density at radius 2 is 2.09 bits per heavy atom. The number of thiophene rings is 1. The molecule has 0 aliphatic rings. The van der Waals surface area contributed by atoms with Gasteiger partial charge in [0.15, 0.2) is 0 Å². The van der Waals surface area contributed by atoms with Crippen molar-refractivity contribution in [3.05, 3.63) is 16.8 Å². The number of nitrogens with one attached hydrogen (secondary N) is 1. The van der Waals surface area contributed by atoms with E-state index >= 15 is 0 Å². The third-order valence-electron chi connectivity index (χ3n) is 3.19. The van der Waals surface area contributed by atoms with Crippen molar-refractivity contribution >= 4 is 39.2 Å². The number of hydrogen-bond acceptors (Lipinski definition) is 6.